The summed E-state index contributed by atoms with van der Waals surface area (Å²) in [4.78, 5) is 25.4. The first-order valence-electron chi connectivity index (χ1n) is 8.60. The molecule has 0 aliphatic carbocycles. The van der Waals surface area contributed by atoms with Crippen LogP contribution in [0.3, 0.4) is 0 Å². The summed E-state index contributed by atoms with van der Waals surface area (Å²) >= 11 is 0. The number of carbonyl (C=O) groups excluding carboxylic acids is 2. The van der Waals surface area contributed by atoms with E-state index >= 15 is 0 Å². The van der Waals surface area contributed by atoms with Gasteiger partial charge in [-0.1, -0.05) is 13.8 Å². The molecule has 0 heterocycles. The molecule has 0 aliphatic heterocycles. The fourth-order valence-corrected chi connectivity index (χ4v) is 2.19. The second-order valence-electron chi connectivity index (χ2n) is 6.68. The van der Waals surface area contributed by atoms with Crippen LogP contribution in [0.4, 0.5) is 5.69 Å². The third-order valence-electron chi connectivity index (χ3n) is 3.54. The van der Waals surface area contributed by atoms with Crippen LogP contribution in [0.2, 0.25) is 0 Å². The maximum Gasteiger partial charge on any atom is 0.226 e. The minimum atomic E-state index is -0.0941. The Morgan fingerprint density at radius 2 is 1.71 bits per heavy atom. The Morgan fingerprint density at radius 1 is 1.08 bits per heavy atom. The number of benzene rings is 1. The van der Waals surface area contributed by atoms with Crippen LogP contribution in [0.15, 0.2) is 24.3 Å². The zero-order valence-electron chi connectivity index (χ0n) is 15.5. The van der Waals surface area contributed by atoms with Gasteiger partial charge in [0, 0.05) is 32.1 Å². The molecule has 1 N–H and O–H groups in total. The summed E-state index contributed by atoms with van der Waals surface area (Å²) in [5.41, 5.74) is 0.729. The van der Waals surface area contributed by atoms with Crippen molar-refractivity contribution in [2.24, 2.45) is 5.92 Å². The van der Waals surface area contributed by atoms with E-state index in [1.807, 2.05) is 38.1 Å². The van der Waals surface area contributed by atoms with Gasteiger partial charge in [0.15, 0.2) is 0 Å². The van der Waals surface area contributed by atoms with Crippen molar-refractivity contribution in [3.05, 3.63) is 24.3 Å². The Kier molecular flexibility index (Phi) is 8.30. The van der Waals surface area contributed by atoms with Gasteiger partial charge in [0.2, 0.25) is 11.8 Å². The first-order valence-corrected chi connectivity index (χ1v) is 8.60. The highest BCUT2D eigenvalue weighted by atomic mass is 16.5. The molecule has 5 heteroatoms. The van der Waals surface area contributed by atoms with E-state index in [1.54, 1.807) is 11.8 Å². The second kappa shape index (κ2) is 9.96. The van der Waals surface area contributed by atoms with Gasteiger partial charge in [-0.2, -0.15) is 0 Å². The lowest BCUT2D eigenvalue weighted by Crippen LogP contribution is -2.33. The van der Waals surface area contributed by atoms with Crippen molar-refractivity contribution in [2.45, 2.75) is 53.6 Å². The van der Waals surface area contributed by atoms with Gasteiger partial charge in [-0.3, -0.25) is 9.59 Å². The van der Waals surface area contributed by atoms with E-state index in [0.29, 0.717) is 25.4 Å². The molecule has 5 nitrogen and oxygen atoms in total. The average molecular weight is 334 g/mol. The predicted octanol–water partition coefficient (Wildman–Crippen LogP) is 3.70. The van der Waals surface area contributed by atoms with Crippen LogP contribution in [-0.2, 0) is 9.59 Å². The van der Waals surface area contributed by atoms with Crippen molar-refractivity contribution in [2.75, 3.05) is 18.4 Å². The van der Waals surface area contributed by atoms with E-state index in [9.17, 15) is 9.59 Å². The van der Waals surface area contributed by atoms with Crippen LogP contribution < -0.4 is 10.1 Å². The van der Waals surface area contributed by atoms with Gasteiger partial charge in [-0.15, -0.1) is 0 Å². The molecule has 0 fully saturated rings. The van der Waals surface area contributed by atoms with Gasteiger partial charge in [0.05, 0.1) is 6.10 Å². The highest BCUT2D eigenvalue weighted by Crippen LogP contribution is 2.17. The maximum absolute atomic E-state index is 12.1. The predicted molar refractivity (Wildman–Crippen MR) is 97.2 cm³/mol. The van der Waals surface area contributed by atoms with E-state index in [2.05, 4.69) is 19.2 Å². The number of nitrogens with zero attached hydrogens (tertiary/aromatic N) is 1. The van der Waals surface area contributed by atoms with E-state index < -0.39 is 0 Å². The lowest BCUT2D eigenvalue weighted by molar-refractivity contribution is -0.129. The van der Waals surface area contributed by atoms with Gasteiger partial charge in [-0.05, 0) is 50.5 Å². The minimum absolute atomic E-state index is 0.0126. The van der Waals surface area contributed by atoms with Gasteiger partial charge in [0.25, 0.3) is 0 Å². The molecule has 0 unspecified atom stereocenters. The number of ether oxygens (including phenoxy) is 1. The fourth-order valence-electron chi connectivity index (χ4n) is 2.19. The second-order valence-corrected chi connectivity index (χ2v) is 6.68. The highest BCUT2D eigenvalue weighted by molar-refractivity contribution is 5.91. The number of amides is 2. The molecular weight excluding hydrogens is 304 g/mol. The number of anilines is 1. The summed E-state index contributed by atoms with van der Waals surface area (Å²) in [7, 11) is 0. The average Bonchev–Trinajstić information content (AvgIpc) is 2.48. The molecular formula is C19H30N2O3. The largest absolute Gasteiger partial charge is 0.491 e. The Morgan fingerprint density at radius 3 is 2.21 bits per heavy atom. The zero-order valence-corrected chi connectivity index (χ0v) is 15.5. The third-order valence-corrected chi connectivity index (χ3v) is 3.54. The zero-order chi connectivity index (χ0) is 18.1. The van der Waals surface area contributed by atoms with Crippen LogP contribution in [0.5, 0.6) is 5.75 Å². The highest BCUT2D eigenvalue weighted by Gasteiger charge is 2.12. The Bertz CT molecular complexity index is 524. The monoisotopic (exact) mass is 334 g/mol. The van der Waals surface area contributed by atoms with Gasteiger partial charge in [-0.25, -0.2) is 0 Å². The fraction of sp³-hybridized carbons (Fsp3) is 0.579. The molecule has 0 aromatic heterocycles. The van der Waals surface area contributed by atoms with Crippen molar-refractivity contribution in [1.82, 2.24) is 4.90 Å². The smallest absolute Gasteiger partial charge is 0.226 e. The van der Waals surface area contributed by atoms with Crippen LogP contribution in [0.25, 0.3) is 0 Å². The quantitative estimate of drug-likeness (QED) is 0.749. The van der Waals surface area contributed by atoms with Crippen LogP contribution in [0, 0.1) is 5.92 Å². The van der Waals surface area contributed by atoms with E-state index in [4.69, 9.17) is 4.74 Å². The van der Waals surface area contributed by atoms with Gasteiger partial charge in [0.1, 0.15) is 5.75 Å². The molecule has 1 aromatic rings. The Balaban J connectivity index is 2.45. The summed E-state index contributed by atoms with van der Waals surface area (Å²) in [5.74, 6) is 1.23. The molecule has 0 radical (unpaired) electrons. The van der Waals surface area contributed by atoms with E-state index in [1.165, 1.54) is 0 Å². The maximum atomic E-state index is 12.1. The molecule has 24 heavy (non-hydrogen) atoms. The van der Waals surface area contributed by atoms with E-state index in [-0.39, 0.29) is 17.9 Å². The molecule has 0 saturated carbocycles. The number of rotatable bonds is 9. The SMILES string of the molecule is CC(=O)N(CCC(=O)Nc1ccc(OC(C)C)cc1)CCC(C)C. The number of hydrogen-bond acceptors (Lipinski definition) is 3. The van der Waals surface area contributed by atoms with Crippen LogP contribution >= 0.6 is 0 Å². The summed E-state index contributed by atoms with van der Waals surface area (Å²) in [6.07, 6.45) is 1.36. The molecule has 0 spiro atoms. The number of nitrogens with one attached hydrogen (secondary N) is 1. The van der Waals surface area contributed by atoms with Crippen molar-refractivity contribution >= 4 is 17.5 Å². The third kappa shape index (κ3) is 7.99. The summed E-state index contributed by atoms with van der Waals surface area (Å²) in [6, 6.07) is 7.30. The lowest BCUT2D eigenvalue weighted by Gasteiger charge is -2.21. The van der Waals surface area contributed by atoms with Gasteiger partial charge < -0.3 is 15.0 Å². The van der Waals surface area contributed by atoms with Gasteiger partial charge >= 0.3 is 0 Å². The van der Waals surface area contributed by atoms with E-state index in [0.717, 1.165) is 17.9 Å². The molecule has 0 bridgehead atoms. The minimum Gasteiger partial charge on any atom is -0.491 e. The standard InChI is InChI=1S/C19H30N2O3/c1-14(2)10-12-21(16(5)22)13-11-19(23)20-17-6-8-18(9-7-17)24-15(3)4/h6-9,14-15H,10-13H2,1-5H3,(H,20,23). The molecule has 0 saturated heterocycles. The number of hydrogen-bond donors (Lipinski definition) is 1. The van der Waals surface area contributed by atoms with Crippen molar-refractivity contribution in [1.29, 1.82) is 0 Å². The summed E-state index contributed by atoms with van der Waals surface area (Å²) in [6.45, 7) is 10.9. The summed E-state index contributed by atoms with van der Waals surface area (Å²) in [5, 5.41) is 2.85. The number of carbonyl (C=O) groups is 2. The molecule has 1 aromatic carbocycles. The Hall–Kier alpha value is -2.04. The van der Waals surface area contributed by atoms with Crippen molar-refractivity contribution in [3.8, 4) is 5.75 Å². The molecule has 0 atom stereocenters. The summed E-state index contributed by atoms with van der Waals surface area (Å²) < 4.78 is 5.57. The van der Waals surface area contributed by atoms with Crippen molar-refractivity contribution < 1.29 is 14.3 Å². The molecule has 1 rings (SSSR count). The van der Waals surface area contributed by atoms with Crippen molar-refractivity contribution in [3.63, 3.8) is 0 Å². The molecule has 0 aliphatic rings. The molecule has 2 amide bonds. The van der Waals surface area contributed by atoms with Crippen LogP contribution in [-0.4, -0.2) is 35.9 Å². The van der Waals surface area contributed by atoms with Crippen LogP contribution in [0.1, 0.15) is 47.5 Å². The first kappa shape index (κ1) is 20.0. The lowest BCUT2D eigenvalue weighted by atomic mass is 10.1. The Labute approximate surface area is 145 Å². The first-order chi connectivity index (χ1) is 11.3. The normalized spacial score (nSPS) is 10.8. The topological polar surface area (TPSA) is 58.6 Å². The molecule has 134 valence electrons.